The third-order valence-electron chi connectivity index (χ3n) is 5.18. The number of nitrogens with zero attached hydrogens (tertiary/aromatic N) is 2. The monoisotopic (exact) mass is 378 g/mol. The van der Waals surface area contributed by atoms with Crippen LogP contribution < -0.4 is 15.4 Å². The van der Waals surface area contributed by atoms with E-state index in [0.29, 0.717) is 31.1 Å². The standard InChI is InChI=1S/C20H34N4O3/c1-21-19(24-16-20(10-12-25-2)8-4-5-9-20)23-15-17-7-6-11-22-18(17)27-14-13-26-3/h6-7,11H,4-5,8-10,12-16H2,1-3H3,(H2,21,23,24). The summed E-state index contributed by atoms with van der Waals surface area (Å²) in [7, 11) is 5.23. The van der Waals surface area contributed by atoms with Gasteiger partial charge in [0.05, 0.1) is 6.61 Å². The highest BCUT2D eigenvalue weighted by Crippen LogP contribution is 2.40. The Bertz CT molecular complexity index is 574. The fraction of sp³-hybridized carbons (Fsp3) is 0.700. The molecule has 0 aliphatic heterocycles. The number of pyridine rings is 1. The van der Waals surface area contributed by atoms with Gasteiger partial charge >= 0.3 is 0 Å². The van der Waals surface area contributed by atoms with Crippen LogP contribution in [0.4, 0.5) is 0 Å². The third-order valence-corrected chi connectivity index (χ3v) is 5.18. The van der Waals surface area contributed by atoms with E-state index in [2.05, 4.69) is 20.6 Å². The minimum absolute atomic E-state index is 0.316. The molecule has 0 amide bonds. The molecule has 1 fully saturated rings. The first kappa shape index (κ1) is 21.4. The summed E-state index contributed by atoms with van der Waals surface area (Å²) in [5.74, 6) is 1.43. The molecule has 0 bridgehead atoms. The Balaban J connectivity index is 1.87. The van der Waals surface area contributed by atoms with Gasteiger partial charge in [-0.2, -0.15) is 0 Å². The van der Waals surface area contributed by atoms with E-state index in [4.69, 9.17) is 14.2 Å². The molecule has 0 radical (unpaired) electrons. The number of guanidine groups is 1. The molecule has 1 aliphatic rings. The summed E-state index contributed by atoms with van der Waals surface area (Å²) in [6, 6.07) is 3.92. The zero-order chi connectivity index (χ0) is 19.4. The van der Waals surface area contributed by atoms with Gasteiger partial charge in [-0.3, -0.25) is 4.99 Å². The van der Waals surface area contributed by atoms with E-state index < -0.39 is 0 Å². The van der Waals surface area contributed by atoms with Crippen molar-refractivity contribution < 1.29 is 14.2 Å². The normalized spacial score (nSPS) is 16.3. The Morgan fingerprint density at radius 3 is 2.63 bits per heavy atom. The Kier molecular flexibility index (Phi) is 9.35. The summed E-state index contributed by atoms with van der Waals surface area (Å²) < 4.78 is 16.0. The van der Waals surface area contributed by atoms with Crippen LogP contribution in [0.3, 0.4) is 0 Å². The van der Waals surface area contributed by atoms with Crippen molar-refractivity contribution in [1.29, 1.82) is 0 Å². The summed E-state index contributed by atoms with van der Waals surface area (Å²) >= 11 is 0. The maximum Gasteiger partial charge on any atom is 0.218 e. The van der Waals surface area contributed by atoms with Gasteiger partial charge in [0.25, 0.3) is 0 Å². The van der Waals surface area contributed by atoms with E-state index >= 15 is 0 Å². The number of nitrogens with one attached hydrogen (secondary N) is 2. The second kappa shape index (κ2) is 11.8. The van der Waals surface area contributed by atoms with Crippen LogP contribution in [-0.2, 0) is 16.0 Å². The topological polar surface area (TPSA) is 77.0 Å². The summed E-state index contributed by atoms with van der Waals surface area (Å²) in [6.45, 7) is 3.35. The highest BCUT2D eigenvalue weighted by molar-refractivity contribution is 5.79. The smallest absolute Gasteiger partial charge is 0.218 e. The molecule has 0 unspecified atom stereocenters. The molecule has 1 aromatic rings. The molecular formula is C20H34N4O3. The second-order valence-electron chi connectivity index (χ2n) is 7.04. The number of hydrogen-bond acceptors (Lipinski definition) is 5. The summed E-state index contributed by atoms with van der Waals surface area (Å²) in [4.78, 5) is 8.68. The quantitative estimate of drug-likeness (QED) is 0.350. The predicted molar refractivity (Wildman–Crippen MR) is 107 cm³/mol. The van der Waals surface area contributed by atoms with Crippen molar-refractivity contribution in [2.45, 2.75) is 38.6 Å². The SMILES string of the molecule is CN=C(NCc1cccnc1OCCOC)NCC1(CCOC)CCCC1. The largest absolute Gasteiger partial charge is 0.475 e. The maximum absolute atomic E-state index is 5.69. The van der Waals surface area contributed by atoms with Crippen LogP contribution in [0.15, 0.2) is 23.3 Å². The molecule has 27 heavy (non-hydrogen) atoms. The van der Waals surface area contributed by atoms with Crippen LogP contribution >= 0.6 is 0 Å². The molecule has 0 spiro atoms. The van der Waals surface area contributed by atoms with Gasteiger partial charge in [0, 0.05) is 52.7 Å². The highest BCUT2D eigenvalue weighted by atomic mass is 16.5. The molecule has 0 atom stereocenters. The van der Waals surface area contributed by atoms with E-state index in [1.54, 1.807) is 27.5 Å². The summed E-state index contributed by atoms with van der Waals surface area (Å²) in [6.07, 6.45) is 7.93. The zero-order valence-electron chi connectivity index (χ0n) is 16.9. The van der Waals surface area contributed by atoms with Crippen molar-refractivity contribution in [3.05, 3.63) is 23.9 Å². The molecule has 7 heteroatoms. The van der Waals surface area contributed by atoms with Gasteiger partial charge < -0.3 is 24.8 Å². The average molecular weight is 379 g/mol. The van der Waals surface area contributed by atoms with E-state index in [1.807, 2.05) is 12.1 Å². The van der Waals surface area contributed by atoms with Gasteiger partial charge in [0.1, 0.15) is 6.61 Å². The van der Waals surface area contributed by atoms with Crippen LogP contribution in [0.1, 0.15) is 37.7 Å². The first-order valence-electron chi connectivity index (χ1n) is 9.72. The van der Waals surface area contributed by atoms with Crippen LogP contribution in [0.25, 0.3) is 0 Å². The first-order chi connectivity index (χ1) is 13.2. The first-order valence-corrected chi connectivity index (χ1v) is 9.72. The minimum Gasteiger partial charge on any atom is -0.475 e. The van der Waals surface area contributed by atoms with Gasteiger partial charge in [0.15, 0.2) is 5.96 Å². The van der Waals surface area contributed by atoms with Crippen molar-refractivity contribution >= 4 is 5.96 Å². The number of ether oxygens (including phenoxy) is 3. The Labute approximate surface area is 162 Å². The molecule has 1 aliphatic carbocycles. The van der Waals surface area contributed by atoms with Crippen LogP contribution in [-0.4, -0.2) is 58.6 Å². The van der Waals surface area contributed by atoms with E-state index in [0.717, 1.165) is 31.1 Å². The van der Waals surface area contributed by atoms with Crippen LogP contribution in [0.2, 0.25) is 0 Å². The Morgan fingerprint density at radius 1 is 1.15 bits per heavy atom. The second-order valence-corrected chi connectivity index (χ2v) is 7.04. The Morgan fingerprint density at radius 2 is 1.93 bits per heavy atom. The fourth-order valence-electron chi connectivity index (χ4n) is 3.54. The number of hydrogen-bond donors (Lipinski definition) is 2. The van der Waals surface area contributed by atoms with Gasteiger partial charge in [-0.15, -0.1) is 0 Å². The fourth-order valence-corrected chi connectivity index (χ4v) is 3.54. The maximum atomic E-state index is 5.69. The summed E-state index contributed by atoms with van der Waals surface area (Å²) in [5, 5.41) is 6.88. The lowest BCUT2D eigenvalue weighted by Crippen LogP contribution is -2.43. The lowest BCUT2D eigenvalue weighted by atomic mass is 9.83. The summed E-state index contributed by atoms with van der Waals surface area (Å²) in [5.41, 5.74) is 1.31. The number of rotatable bonds is 11. The molecule has 7 nitrogen and oxygen atoms in total. The van der Waals surface area contributed by atoms with Crippen molar-refractivity contribution in [3.63, 3.8) is 0 Å². The average Bonchev–Trinajstić information content (AvgIpc) is 3.17. The lowest BCUT2D eigenvalue weighted by molar-refractivity contribution is 0.138. The van der Waals surface area contributed by atoms with Crippen molar-refractivity contribution in [1.82, 2.24) is 15.6 Å². The molecule has 1 aromatic heterocycles. The molecule has 1 saturated carbocycles. The van der Waals surface area contributed by atoms with Crippen molar-refractivity contribution in [2.24, 2.45) is 10.4 Å². The zero-order valence-corrected chi connectivity index (χ0v) is 16.9. The number of methoxy groups -OCH3 is 2. The molecule has 152 valence electrons. The lowest BCUT2D eigenvalue weighted by Gasteiger charge is -2.30. The van der Waals surface area contributed by atoms with Gasteiger partial charge in [-0.05, 0) is 30.7 Å². The predicted octanol–water partition coefficient (Wildman–Crippen LogP) is 2.37. The third kappa shape index (κ3) is 6.99. The molecule has 0 aromatic carbocycles. The molecule has 2 N–H and O–H groups in total. The van der Waals surface area contributed by atoms with E-state index in [-0.39, 0.29) is 0 Å². The number of aromatic nitrogens is 1. The van der Waals surface area contributed by atoms with Gasteiger partial charge in [-0.25, -0.2) is 4.98 Å². The molecular weight excluding hydrogens is 344 g/mol. The van der Waals surface area contributed by atoms with Gasteiger partial charge in [-0.1, -0.05) is 18.9 Å². The van der Waals surface area contributed by atoms with E-state index in [9.17, 15) is 0 Å². The number of aliphatic imine (C=N–C) groups is 1. The van der Waals surface area contributed by atoms with Crippen LogP contribution in [0, 0.1) is 5.41 Å². The van der Waals surface area contributed by atoms with Crippen molar-refractivity contribution in [2.75, 3.05) is 47.6 Å². The molecule has 0 saturated heterocycles. The minimum atomic E-state index is 0.316. The van der Waals surface area contributed by atoms with Crippen molar-refractivity contribution in [3.8, 4) is 5.88 Å². The van der Waals surface area contributed by atoms with E-state index in [1.165, 1.54) is 25.7 Å². The Hall–Kier alpha value is -1.86. The van der Waals surface area contributed by atoms with Crippen LogP contribution in [0.5, 0.6) is 5.88 Å². The molecule has 1 heterocycles. The van der Waals surface area contributed by atoms with Gasteiger partial charge in [0.2, 0.25) is 5.88 Å². The highest BCUT2D eigenvalue weighted by Gasteiger charge is 2.33. The molecule has 2 rings (SSSR count).